The third-order valence-electron chi connectivity index (χ3n) is 2.67. The van der Waals surface area contributed by atoms with Crippen molar-refractivity contribution in [2.24, 2.45) is 0 Å². The van der Waals surface area contributed by atoms with Gasteiger partial charge in [0.2, 0.25) is 0 Å². The number of carbonyl (C=O) groups excluding carboxylic acids is 1. The molecule has 0 saturated carbocycles. The topological polar surface area (TPSA) is 17.1 Å². The lowest BCUT2D eigenvalue weighted by molar-refractivity contribution is 0.103. The number of halogens is 4. The quantitative estimate of drug-likeness (QED) is 0.746. The van der Waals surface area contributed by atoms with Crippen molar-refractivity contribution in [3.8, 4) is 0 Å². The summed E-state index contributed by atoms with van der Waals surface area (Å²) in [5, 5.41) is 0. The molecular formula is C14H8BrF3O. The summed E-state index contributed by atoms with van der Waals surface area (Å²) in [6.07, 6.45) is 0. The second kappa shape index (κ2) is 5.17. The Kier molecular flexibility index (Phi) is 3.75. The van der Waals surface area contributed by atoms with E-state index < -0.39 is 23.2 Å². The van der Waals surface area contributed by atoms with Crippen LogP contribution in [-0.4, -0.2) is 5.78 Å². The number of carbonyl (C=O) groups is 1. The summed E-state index contributed by atoms with van der Waals surface area (Å²) >= 11 is 2.96. The zero-order valence-electron chi connectivity index (χ0n) is 9.81. The molecule has 0 amide bonds. The average Bonchev–Trinajstić information content (AvgIpc) is 2.36. The van der Waals surface area contributed by atoms with Crippen LogP contribution in [0, 0.1) is 24.4 Å². The fraction of sp³-hybridized carbons (Fsp3) is 0.0714. The fourth-order valence-corrected chi connectivity index (χ4v) is 1.87. The first-order chi connectivity index (χ1) is 8.90. The summed E-state index contributed by atoms with van der Waals surface area (Å²) in [5.41, 5.74) is -0.117. The van der Waals surface area contributed by atoms with Gasteiger partial charge in [-0.3, -0.25) is 4.79 Å². The molecule has 0 atom stereocenters. The maximum atomic E-state index is 13.6. The number of aryl methyl sites for hydroxylation is 1. The molecule has 0 bridgehead atoms. The molecule has 0 N–H and O–H groups in total. The molecule has 0 heterocycles. The Morgan fingerprint density at radius 2 is 1.68 bits per heavy atom. The first kappa shape index (κ1) is 13.8. The van der Waals surface area contributed by atoms with Gasteiger partial charge in [-0.1, -0.05) is 0 Å². The second-order valence-corrected chi connectivity index (χ2v) is 4.89. The Morgan fingerprint density at radius 1 is 1.00 bits per heavy atom. The maximum absolute atomic E-state index is 13.6. The normalized spacial score (nSPS) is 10.6. The van der Waals surface area contributed by atoms with Crippen LogP contribution in [0.3, 0.4) is 0 Å². The zero-order valence-corrected chi connectivity index (χ0v) is 11.4. The van der Waals surface area contributed by atoms with Gasteiger partial charge in [0.1, 0.15) is 17.5 Å². The van der Waals surface area contributed by atoms with Crippen molar-refractivity contribution in [2.75, 3.05) is 0 Å². The van der Waals surface area contributed by atoms with Gasteiger partial charge in [-0.05, 0) is 52.7 Å². The van der Waals surface area contributed by atoms with Crippen LogP contribution >= 0.6 is 15.9 Å². The summed E-state index contributed by atoms with van der Waals surface area (Å²) in [5.74, 6) is -3.00. The van der Waals surface area contributed by atoms with E-state index in [1.54, 1.807) is 0 Å². The van der Waals surface area contributed by atoms with Crippen molar-refractivity contribution in [3.63, 3.8) is 0 Å². The van der Waals surface area contributed by atoms with Crippen LogP contribution in [0.15, 0.2) is 34.8 Å². The summed E-state index contributed by atoms with van der Waals surface area (Å²) in [4.78, 5) is 12.0. The largest absolute Gasteiger partial charge is 0.288 e. The van der Waals surface area contributed by atoms with Crippen molar-refractivity contribution < 1.29 is 18.0 Å². The smallest absolute Gasteiger partial charge is 0.196 e. The molecule has 5 heteroatoms. The summed E-state index contributed by atoms with van der Waals surface area (Å²) in [7, 11) is 0. The van der Waals surface area contributed by atoms with E-state index in [0.717, 1.165) is 12.1 Å². The van der Waals surface area contributed by atoms with Gasteiger partial charge in [-0.25, -0.2) is 13.2 Å². The van der Waals surface area contributed by atoms with Gasteiger partial charge in [0, 0.05) is 11.6 Å². The number of rotatable bonds is 2. The van der Waals surface area contributed by atoms with E-state index >= 15 is 0 Å². The number of hydrogen-bond donors (Lipinski definition) is 0. The van der Waals surface area contributed by atoms with E-state index in [4.69, 9.17) is 0 Å². The van der Waals surface area contributed by atoms with Crippen LogP contribution in [0.1, 0.15) is 21.5 Å². The standard InChI is InChI=1S/C14H8BrF3O/c1-7-4-9(12(17)6-11(7)16)14(19)8-2-3-10(15)13(18)5-8/h2-6H,1H3. The predicted octanol–water partition coefficient (Wildman–Crippen LogP) is 4.41. The molecule has 0 aliphatic heterocycles. The second-order valence-electron chi connectivity index (χ2n) is 4.04. The van der Waals surface area contributed by atoms with E-state index in [9.17, 15) is 18.0 Å². The molecule has 0 unspecified atom stereocenters. The lowest BCUT2D eigenvalue weighted by atomic mass is 10.0. The van der Waals surface area contributed by atoms with E-state index in [1.165, 1.54) is 19.1 Å². The monoisotopic (exact) mass is 328 g/mol. The number of ketones is 1. The molecule has 2 aromatic carbocycles. The lowest BCUT2D eigenvalue weighted by Gasteiger charge is -2.06. The van der Waals surface area contributed by atoms with Gasteiger partial charge in [0.05, 0.1) is 10.0 Å². The maximum Gasteiger partial charge on any atom is 0.196 e. The van der Waals surface area contributed by atoms with E-state index in [2.05, 4.69) is 15.9 Å². The minimum atomic E-state index is -0.962. The van der Waals surface area contributed by atoms with Gasteiger partial charge in [0.15, 0.2) is 5.78 Å². The van der Waals surface area contributed by atoms with Crippen LogP contribution in [-0.2, 0) is 0 Å². The Hall–Kier alpha value is -1.62. The van der Waals surface area contributed by atoms with Crippen LogP contribution in [0.25, 0.3) is 0 Å². The molecule has 0 aliphatic carbocycles. The highest BCUT2D eigenvalue weighted by atomic mass is 79.9. The molecule has 19 heavy (non-hydrogen) atoms. The molecule has 2 rings (SSSR count). The third kappa shape index (κ3) is 2.71. The van der Waals surface area contributed by atoms with Gasteiger partial charge in [0.25, 0.3) is 0 Å². The van der Waals surface area contributed by atoms with E-state index in [-0.39, 0.29) is 21.2 Å². The summed E-state index contributed by atoms with van der Waals surface area (Å²) in [6.45, 7) is 1.42. The van der Waals surface area contributed by atoms with Crippen LogP contribution in [0.5, 0.6) is 0 Å². The van der Waals surface area contributed by atoms with E-state index in [0.29, 0.717) is 6.07 Å². The third-order valence-corrected chi connectivity index (χ3v) is 3.32. The van der Waals surface area contributed by atoms with Gasteiger partial charge in [-0.2, -0.15) is 0 Å². The Balaban J connectivity index is 2.49. The average molecular weight is 329 g/mol. The van der Waals surface area contributed by atoms with Gasteiger partial charge in [-0.15, -0.1) is 0 Å². The fourth-order valence-electron chi connectivity index (χ4n) is 1.62. The van der Waals surface area contributed by atoms with Crippen molar-refractivity contribution in [1.29, 1.82) is 0 Å². The molecule has 0 aromatic heterocycles. The highest BCUT2D eigenvalue weighted by Gasteiger charge is 2.17. The van der Waals surface area contributed by atoms with Crippen molar-refractivity contribution in [1.82, 2.24) is 0 Å². The van der Waals surface area contributed by atoms with Crippen LogP contribution in [0.4, 0.5) is 13.2 Å². The molecule has 0 spiro atoms. The SMILES string of the molecule is Cc1cc(C(=O)c2ccc(Br)c(F)c2)c(F)cc1F. The predicted molar refractivity (Wildman–Crippen MR) is 68.6 cm³/mol. The molecule has 0 fully saturated rings. The Labute approximate surface area is 116 Å². The Morgan fingerprint density at radius 3 is 2.32 bits per heavy atom. The summed E-state index contributed by atoms with van der Waals surface area (Å²) < 4.78 is 40.3. The van der Waals surface area contributed by atoms with Crippen LogP contribution < -0.4 is 0 Å². The molecule has 2 aromatic rings. The molecular weight excluding hydrogens is 321 g/mol. The molecule has 0 radical (unpaired) electrons. The first-order valence-electron chi connectivity index (χ1n) is 5.35. The van der Waals surface area contributed by atoms with Gasteiger partial charge < -0.3 is 0 Å². The van der Waals surface area contributed by atoms with Crippen molar-refractivity contribution >= 4 is 21.7 Å². The first-order valence-corrected chi connectivity index (χ1v) is 6.15. The highest BCUT2D eigenvalue weighted by Crippen LogP contribution is 2.21. The lowest BCUT2D eigenvalue weighted by Crippen LogP contribution is -2.06. The molecule has 0 saturated heterocycles. The molecule has 1 nitrogen and oxygen atoms in total. The highest BCUT2D eigenvalue weighted by molar-refractivity contribution is 9.10. The zero-order chi connectivity index (χ0) is 14.2. The Bertz CT molecular complexity index is 668. The number of benzene rings is 2. The van der Waals surface area contributed by atoms with Crippen molar-refractivity contribution in [3.05, 3.63) is 68.9 Å². The van der Waals surface area contributed by atoms with E-state index in [1.807, 2.05) is 0 Å². The molecule has 0 aliphatic rings. The molecule has 98 valence electrons. The minimum Gasteiger partial charge on any atom is -0.288 e. The number of hydrogen-bond acceptors (Lipinski definition) is 1. The summed E-state index contributed by atoms with van der Waals surface area (Å²) in [6, 6.07) is 5.50. The van der Waals surface area contributed by atoms with Crippen molar-refractivity contribution in [2.45, 2.75) is 6.92 Å². The van der Waals surface area contributed by atoms with Crippen LogP contribution in [0.2, 0.25) is 0 Å². The van der Waals surface area contributed by atoms with Gasteiger partial charge >= 0.3 is 0 Å². The minimum absolute atomic E-state index is 0.00519.